The van der Waals surface area contributed by atoms with Crippen molar-refractivity contribution in [1.82, 2.24) is 5.32 Å². The van der Waals surface area contributed by atoms with Gasteiger partial charge in [-0.25, -0.2) is 0 Å². The van der Waals surface area contributed by atoms with Crippen molar-refractivity contribution in [3.05, 3.63) is 28.2 Å². The van der Waals surface area contributed by atoms with E-state index in [0.29, 0.717) is 6.04 Å². The number of nitrogens with one attached hydrogen (secondary N) is 1. The Morgan fingerprint density at radius 3 is 2.78 bits per heavy atom. The van der Waals surface area contributed by atoms with Crippen LogP contribution >= 0.6 is 15.9 Å². The van der Waals surface area contributed by atoms with Gasteiger partial charge in [0.2, 0.25) is 0 Å². The van der Waals surface area contributed by atoms with Gasteiger partial charge in [0.1, 0.15) is 0 Å². The first-order chi connectivity index (χ1) is 8.84. The largest absolute Gasteiger partial charge is 0.371 e. The predicted molar refractivity (Wildman–Crippen MR) is 80.3 cm³/mol. The van der Waals surface area contributed by atoms with Gasteiger partial charge in [-0.05, 0) is 56.3 Å². The molecule has 1 aromatic carbocycles. The van der Waals surface area contributed by atoms with E-state index in [9.17, 15) is 0 Å². The first-order valence-corrected chi connectivity index (χ1v) is 7.89. The first-order valence-electron chi connectivity index (χ1n) is 7.10. The fraction of sp³-hybridized carbons (Fsp3) is 0.600. The minimum absolute atomic E-state index is 0.671. The third-order valence-electron chi connectivity index (χ3n) is 4.15. The molecule has 2 aliphatic heterocycles. The Morgan fingerprint density at radius 1 is 1.22 bits per heavy atom. The monoisotopic (exact) mass is 308 g/mol. The maximum absolute atomic E-state index is 3.75. The molecule has 98 valence electrons. The maximum atomic E-state index is 3.75. The summed E-state index contributed by atoms with van der Waals surface area (Å²) in [6.45, 7) is 3.64. The summed E-state index contributed by atoms with van der Waals surface area (Å²) in [4.78, 5) is 2.55. The van der Waals surface area contributed by atoms with Gasteiger partial charge in [0, 0.05) is 29.3 Å². The highest BCUT2D eigenvalue weighted by atomic mass is 79.9. The lowest BCUT2D eigenvalue weighted by atomic mass is 10.0. The van der Waals surface area contributed by atoms with Crippen molar-refractivity contribution in [1.29, 1.82) is 0 Å². The predicted octanol–water partition coefficient (Wildman–Crippen LogP) is 3.34. The van der Waals surface area contributed by atoms with E-state index < -0.39 is 0 Å². The molecule has 0 aromatic heterocycles. The van der Waals surface area contributed by atoms with E-state index in [2.05, 4.69) is 44.3 Å². The van der Waals surface area contributed by atoms with Crippen molar-refractivity contribution in [2.24, 2.45) is 0 Å². The SMILES string of the molecule is Brc1cccc(N2CCCC2)c1CC1CCCN1. The molecule has 0 spiro atoms. The fourth-order valence-electron chi connectivity index (χ4n) is 3.18. The lowest BCUT2D eigenvalue weighted by molar-refractivity contribution is 0.601. The van der Waals surface area contributed by atoms with E-state index in [1.54, 1.807) is 0 Å². The lowest BCUT2D eigenvalue weighted by Gasteiger charge is -2.24. The van der Waals surface area contributed by atoms with Gasteiger partial charge in [-0.3, -0.25) is 0 Å². The molecule has 0 radical (unpaired) electrons. The lowest BCUT2D eigenvalue weighted by Crippen LogP contribution is -2.26. The summed E-state index contributed by atoms with van der Waals surface area (Å²) in [5.74, 6) is 0. The molecule has 3 rings (SSSR count). The van der Waals surface area contributed by atoms with Crippen molar-refractivity contribution < 1.29 is 0 Å². The van der Waals surface area contributed by atoms with Crippen molar-refractivity contribution in [3.8, 4) is 0 Å². The number of rotatable bonds is 3. The molecule has 2 saturated heterocycles. The Balaban J connectivity index is 1.85. The molecule has 0 amide bonds. The highest BCUT2D eigenvalue weighted by Crippen LogP contribution is 2.32. The molecule has 2 heterocycles. The zero-order valence-corrected chi connectivity index (χ0v) is 12.4. The van der Waals surface area contributed by atoms with Gasteiger partial charge in [-0.2, -0.15) is 0 Å². The topological polar surface area (TPSA) is 15.3 Å². The highest BCUT2D eigenvalue weighted by Gasteiger charge is 2.21. The summed E-state index contributed by atoms with van der Waals surface area (Å²) in [5, 5.41) is 3.61. The van der Waals surface area contributed by atoms with Crippen LogP contribution in [0.1, 0.15) is 31.2 Å². The van der Waals surface area contributed by atoms with Gasteiger partial charge in [0.15, 0.2) is 0 Å². The summed E-state index contributed by atoms with van der Waals surface area (Å²) in [5.41, 5.74) is 2.95. The molecule has 1 atom stereocenters. The average Bonchev–Trinajstić information content (AvgIpc) is 3.04. The first kappa shape index (κ1) is 12.5. The Kier molecular flexibility index (Phi) is 3.90. The van der Waals surface area contributed by atoms with E-state index in [-0.39, 0.29) is 0 Å². The zero-order chi connectivity index (χ0) is 12.4. The van der Waals surface area contributed by atoms with Crippen LogP contribution in [0.5, 0.6) is 0 Å². The molecular formula is C15H21BrN2. The van der Waals surface area contributed by atoms with Gasteiger partial charge in [-0.15, -0.1) is 0 Å². The van der Waals surface area contributed by atoms with Gasteiger partial charge in [0.05, 0.1) is 0 Å². The molecule has 2 nitrogen and oxygen atoms in total. The van der Waals surface area contributed by atoms with Crippen LogP contribution in [0.3, 0.4) is 0 Å². The summed E-state index contributed by atoms with van der Waals surface area (Å²) in [6.07, 6.45) is 6.49. The van der Waals surface area contributed by atoms with Crippen LogP contribution in [0, 0.1) is 0 Å². The van der Waals surface area contributed by atoms with Crippen LogP contribution in [-0.4, -0.2) is 25.7 Å². The standard InChI is InChI=1S/C15H21BrN2/c16-14-6-3-7-15(18-9-1-2-10-18)13(14)11-12-5-4-8-17-12/h3,6-7,12,17H,1-2,4-5,8-11H2. The van der Waals surface area contributed by atoms with E-state index in [1.165, 1.54) is 61.0 Å². The molecule has 0 bridgehead atoms. The van der Waals surface area contributed by atoms with Crippen molar-refractivity contribution >= 4 is 21.6 Å². The minimum Gasteiger partial charge on any atom is -0.371 e. The molecule has 0 aliphatic carbocycles. The molecule has 2 aliphatic rings. The number of anilines is 1. The third-order valence-corrected chi connectivity index (χ3v) is 4.90. The number of hydrogen-bond donors (Lipinski definition) is 1. The molecular weight excluding hydrogens is 288 g/mol. The van der Waals surface area contributed by atoms with Gasteiger partial charge >= 0.3 is 0 Å². The van der Waals surface area contributed by atoms with Gasteiger partial charge < -0.3 is 10.2 Å². The highest BCUT2D eigenvalue weighted by molar-refractivity contribution is 9.10. The summed E-state index contributed by atoms with van der Waals surface area (Å²) < 4.78 is 1.28. The molecule has 1 unspecified atom stereocenters. The molecule has 1 N–H and O–H groups in total. The van der Waals surface area contributed by atoms with Crippen LogP contribution in [-0.2, 0) is 6.42 Å². The van der Waals surface area contributed by atoms with E-state index in [4.69, 9.17) is 0 Å². The quantitative estimate of drug-likeness (QED) is 0.921. The van der Waals surface area contributed by atoms with Crippen LogP contribution < -0.4 is 10.2 Å². The van der Waals surface area contributed by atoms with Gasteiger partial charge in [-0.1, -0.05) is 22.0 Å². The van der Waals surface area contributed by atoms with Crippen molar-refractivity contribution in [3.63, 3.8) is 0 Å². The normalized spacial score (nSPS) is 23.8. The van der Waals surface area contributed by atoms with E-state index in [1.807, 2.05) is 0 Å². The summed E-state index contributed by atoms with van der Waals surface area (Å²) in [6, 6.07) is 7.32. The Bertz CT molecular complexity index is 407. The van der Waals surface area contributed by atoms with Crippen LogP contribution in [0.15, 0.2) is 22.7 Å². The molecule has 3 heteroatoms. The maximum Gasteiger partial charge on any atom is 0.0410 e. The molecule has 1 aromatic rings. The van der Waals surface area contributed by atoms with Crippen LogP contribution in [0.2, 0.25) is 0 Å². The summed E-state index contributed by atoms with van der Waals surface area (Å²) in [7, 11) is 0. The number of benzene rings is 1. The fourth-order valence-corrected chi connectivity index (χ4v) is 3.70. The number of hydrogen-bond acceptors (Lipinski definition) is 2. The molecule has 18 heavy (non-hydrogen) atoms. The second kappa shape index (κ2) is 5.62. The average molecular weight is 309 g/mol. The Labute approximate surface area is 118 Å². The minimum atomic E-state index is 0.671. The van der Waals surface area contributed by atoms with E-state index in [0.717, 1.165) is 6.42 Å². The molecule has 0 saturated carbocycles. The number of nitrogens with zero attached hydrogens (tertiary/aromatic N) is 1. The summed E-state index contributed by atoms with van der Waals surface area (Å²) >= 11 is 3.75. The van der Waals surface area contributed by atoms with Crippen LogP contribution in [0.4, 0.5) is 5.69 Å². The smallest absolute Gasteiger partial charge is 0.0410 e. The zero-order valence-electron chi connectivity index (χ0n) is 10.8. The number of halogens is 1. The Hall–Kier alpha value is -0.540. The van der Waals surface area contributed by atoms with Gasteiger partial charge in [0.25, 0.3) is 0 Å². The van der Waals surface area contributed by atoms with Crippen LogP contribution in [0.25, 0.3) is 0 Å². The van der Waals surface area contributed by atoms with E-state index >= 15 is 0 Å². The third kappa shape index (κ3) is 2.57. The second-order valence-corrected chi connectivity index (χ2v) is 6.28. The second-order valence-electron chi connectivity index (χ2n) is 5.43. The Morgan fingerprint density at radius 2 is 2.06 bits per heavy atom. The molecule has 2 fully saturated rings. The van der Waals surface area contributed by atoms with Crippen molar-refractivity contribution in [2.45, 2.75) is 38.1 Å². The van der Waals surface area contributed by atoms with Crippen molar-refractivity contribution in [2.75, 3.05) is 24.5 Å².